The minimum atomic E-state index is -0.814. The lowest BCUT2D eigenvalue weighted by Crippen LogP contribution is -2.09. The first-order valence-corrected chi connectivity index (χ1v) is 5.90. The van der Waals surface area contributed by atoms with Gasteiger partial charge in [-0.25, -0.2) is 0 Å². The molecule has 0 saturated heterocycles. The molecule has 0 aromatic heterocycles. The van der Waals surface area contributed by atoms with E-state index < -0.39 is 11.3 Å². The van der Waals surface area contributed by atoms with Gasteiger partial charge in [0.2, 0.25) is 0 Å². The highest BCUT2D eigenvalue weighted by molar-refractivity contribution is 6.31. The van der Waals surface area contributed by atoms with Crippen molar-refractivity contribution in [3.63, 3.8) is 0 Å². The first kappa shape index (κ1) is 12.7. The maximum absolute atomic E-state index is 11.5. The van der Waals surface area contributed by atoms with E-state index in [1.54, 1.807) is 19.2 Å². The smallest absolute Gasteiger partial charge is 0.328 e. The van der Waals surface area contributed by atoms with Gasteiger partial charge in [0.25, 0.3) is 0 Å². The number of esters is 1. The van der Waals surface area contributed by atoms with Gasteiger partial charge in [-0.05, 0) is 17.0 Å². The number of ether oxygens (including phenoxy) is 2. The molecule has 0 bridgehead atoms. The number of methoxy groups -OCH3 is 2. The van der Waals surface area contributed by atoms with Crippen LogP contribution in [0.2, 0.25) is 0 Å². The maximum Gasteiger partial charge on any atom is 0.328 e. The Morgan fingerprint density at radius 1 is 1.11 bits per heavy atom. The summed E-state index contributed by atoms with van der Waals surface area (Å²) in [6, 6.07) is 11.2. The summed E-state index contributed by atoms with van der Waals surface area (Å²) in [6.45, 7) is 0. The van der Waals surface area contributed by atoms with Crippen LogP contribution >= 0.6 is 11.6 Å². The standard InChI is InChI=1S/C14H13ClO3/c1-17-12-8-7-11(13(15)14(16)18-2)9-5-3-4-6-10(9)12/h3-8,13H,1-2H3. The molecule has 0 aliphatic carbocycles. The van der Waals surface area contributed by atoms with E-state index in [1.165, 1.54) is 7.11 Å². The number of halogens is 1. The third-order valence-electron chi connectivity index (χ3n) is 2.82. The van der Waals surface area contributed by atoms with Crippen LogP contribution in [0.5, 0.6) is 5.75 Å². The largest absolute Gasteiger partial charge is 0.496 e. The van der Waals surface area contributed by atoms with Crippen LogP contribution in [-0.2, 0) is 9.53 Å². The molecule has 0 amide bonds. The molecule has 0 aliphatic heterocycles. The van der Waals surface area contributed by atoms with Gasteiger partial charge in [0.05, 0.1) is 14.2 Å². The molecule has 18 heavy (non-hydrogen) atoms. The van der Waals surface area contributed by atoms with Gasteiger partial charge in [-0.1, -0.05) is 30.3 Å². The van der Waals surface area contributed by atoms with E-state index in [1.807, 2.05) is 24.3 Å². The molecule has 0 spiro atoms. The van der Waals surface area contributed by atoms with Crippen LogP contribution in [0.3, 0.4) is 0 Å². The number of benzene rings is 2. The Hall–Kier alpha value is -1.74. The average molecular weight is 265 g/mol. The Morgan fingerprint density at radius 2 is 1.78 bits per heavy atom. The molecule has 94 valence electrons. The van der Waals surface area contributed by atoms with E-state index in [0.29, 0.717) is 0 Å². The van der Waals surface area contributed by atoms with Crippen molar-refractivity contribution in [1.82, 2.24) is 0 Å². The van der Waals surface area contributed by atoms with E-state index in [2.05, 4.69) is 4.74 Å². The van der Waals surface area contributed by atoms with Crippen molar-refractivity contribution in [2.45, 2.75) is 5.38 Å². The second-order valence-electron chi connectivity index (χ2n) is 3.79. The lowest BCUT2D eigenvalue weighted by molar-refractivity contribution is -0.140. The molecule has 3 nitrogen and oxygen atoms in total. The molecular weight excluding hydrogens is 252 g/mol. The fourth-order valence-corrected chi connectivity index (χ4v) is 2.20. The minimum Gasteiger partial charge on any atom is -0.496 e. The van der Waals surface area contributed by atoms with Crippen molar-refractivity contribution >= 4 is 28.3 Å². The van der Waals surface area contributed by atoms with Gasteiger partial charge in [0, 0.05) is 5.39 Å². The van der Waals surface area contributed by atoms with Gasteiger partial charge >= 0.3 is 5.97 Å². The third kappa shape index (κ3) is 2.14. The van der Waals surface area contributed by atoms with Gasteiger partial charge in [0.15, 0.2) is 5.38 Å². The molecule has 2 aromatic carbocycles. The summed E-state index contributed by atoms with van der Waals surface area (Å²) in [7, 11) is 2.93. The molecule has 4 heteroatoms. The number of hydrogen-bond donors (Lipinski definition) is 0. The Balaban J connectivity index is 2.63. The van der Waals surface area contributed by atoms with Crippen molar-refractivity contribution in [2.24, 2.45) is 0 Å². The monoisotopic (exact) mass is 264 g/mol. The summed E-state index contributed by atoms with van der Waals surface area (Å²) in [6.07, 6.45) is 0. The Morgan fingerprint density at radius 3 is 2.39 bits per heavy atom. The van der Waals surface area contributed by atoms with Crippen LogP contribution in [0.1, 0.15) is 10.9 Å². The van der Waals surface area contributed by atoms with Gasteiger partial charge in [-0.3, -0.25) is 4.79 Å². The van der Waals surface area contributed by atoms with Crippen LogP contribution in [0.4, 0.5) is 0 Å². The number of fused-ring (bicyclic) bond motifs is 1. The van der Waals surface area contributed by atoms with Crippen molar-refractivity contribution in [1.29, 1.82) is 0 Å². The lowest BCUT2D eigenvalue weighted by Gasteiger charge is -2.13. The first-order chi connectivity index (χ1) is 8.69. The predicted molar refractivity (Wildman–Crippen MR) is 71.1 cm³/mol. The van der Waals surface area contributed by atoms with Crippen molar-refractivity contribution < 1.29 is 14.3 Å². The SMILES string of the molecule is COC(=O)C(Cl)c1ccc(OC)c2ccccc12. The zero-order valence-corrected chi connectivity index (χ0v) is 10.9. The third-order valence-corrected chi connectivity index (χ3v) is 3.23. The summed E-state index contributed by atoms with van der Waals surface area (Å²) in [4.78, 5) is 11.5. The molecule has 0 saturated carbocycles. The second kappa shape index (κ2) is 5.27. The fourth-order valence-electron chi connectivity index (χ4n) is 1.92. The molecule has 0 radical (unpaired) electrons. The molecule has 0 aliphatic rings. The highest BCUT2D eigenvalue weighted by Gasteiger charge is 2.21. The van der Waals surface area contributed by atoms with Crippen LogP contribution in [-0.4, -0.2) is 20.2 Å². The predicted octanol–water partition coefficient (Wildman–Crippen LogP) is 3.30. The molecular formula is C14H13ClO3. The molecule has 0 fully saturated rings. The van der Waals surface area contributed by atoms with Crippen LogP contribution < -0.4 is 4.74 Å². The van der Waals surface area contributed by atoms with E-state index in [-0.39, 0.29) is 0 Å². The van der Waals surface area contributed by atoms with Crippen LogP contribution in [0.25, 0.3) is 10.8 Å². The number of hydrogen-bond acceptors (Lipinski definition) is 3. The molecule has 0 heterocycles. The highest BCUT2D eigenvalue weighted by Crippen LogP contribution is 2.34. The summed E-state index contributed by atoms with van der Waals surface area (Å²) in [5, 5.41) is 1.00. The maximum atomic E-state index is 11.5. The number of carbonyl (C=O) groups excluding carboxylic acids is 1. The molecule has 2 rings (SSSR count). The van der Waals surface area contributed by atoms with E-state index in [4.69, 9.17) is 16.3 Å². The molecule has 0 N–H and O–H groups in total. The quantitative estimate of drug-likeness (QED) is 0.630. The van der Waals surface area contributed by atoms with E-state index in [9.17, 15) is 4.79 Å². The van der Waals surface area contributed by atoms with Crippen LogP contribution in [0.15, 0.2) is 36.4 Å². The summed E-state index contributed by atoms with van der Waals surface area (Å²) in [5.74, 6) is 0.287. The van der Waals surface area contributed by atoms with Gasteiger partial charge in [-0.15, -0.1) is 11.6 Å². The molecule has 2 aromatic rings. The number of carbonyl (C=O) groups is 1. The van der Waals surface area contributed by atoms with Gasteiger partial charge in [-0.2, -0.15) is 0 Å². The van der Waals surface area contributed by atoms with Gasteiger partial charge < -0.3 is 9.47 Å². The number of rotatable bonds is 3. The Labute approximate surface area is 110 Å². The Kier molecular flexibility index (Phi) is 3.72. The van der Waals surface area contributed by atoms with Crippen LogP contribution in [0, 0.1) is 0 Å². The first-order valence-electron chi connectivity index (χ1n) is 5.46. The Bertz CT molecular complexity index is 580. The van der Waals surface area contributed by atoms with Crippen molar-refractivity contribution in [2.75, 3.05) is 14.2 Å². The van der Waals surface area contributed by atoms with Crippen molar-refractivity contribution in [3.05, 3.63) is 42.0 Å². The zero-order valence-electron chi connectivity index (χ0n) is 10.1. The number of alkyl halides is 1. The average Bonchev–Trinajstić information content (AvgIpc) is 2.44. The zero-order chi connectivity index (χ0) is 13.1. The summed E-state index contributed by atoms with van der Waals surface area (Å²) >= 11 is 6.12. The molecule has 1 unspecified atom stereocenters. The highest BCUT2D eigenvalue weighted by atomic mass is 35.5. The lowest BCUT2D eigenvalue weighted by atomic mass is 10.0. The van der Waals surface area contributed by atoms with Gasteiger partial charge in [0.1, 0.15) is 5.75 Å². The van der Waals surface area contributed by atoms with E-state index in [0.717, 1.165) is 22.1 Å². The topological polar surface area (TPSA) is 35.5 Å². The van der Waals surface area contributed by atoms with Crippen molar-refractivity contribution in [3.8, 4) is 5.75 Å². The second-order valence-corrected chi connectivity index (χ2v) is 4.22. The normalized spacial score (nSPS) is 12.2. The summed E-state index contributed by atoms with van der Waals surface area (Å²) in [5.41, 5.74) is 0.722. The minimum absolute atomic E-state index is 0.466. The summed E-state index contributed by atoms with van der Waals surface area (Å²) < 4.78 is 9.96. The fraction of sp³-hybridized carbons (Fsp3) is 0.214. The van der Waals surface area contributed by atoms with E-state index >= 15 is 0 Å². The molecule has 1 atom stereocenters.